The van der Waals surface area contributed by atoms with E-state index >= 15 is 0 Å². The number of H-pyrrole nitrogens is 3. The normalized spacial score (nSPS) is 25.0. The van der Waals surface area contributed by atoms with Crippen LogP contribution in [0.1, 0.15) is 154 Å². The highest BCUT2D eigenvalue weighted by molar-refractivity contribution is 6.16. The summed E-state index contributed by atoms with van der Waals surface area (Å²) >= 11 is 0. The summed E-state index contributed by atoms with van der Waals surface area (Å²) in [4.78, 5) is 45.0. The van der Waals surface area contributed by atoms with Crippen LogP contribution in [0, 0.1) is 50.4 Å². The zero-order chi connectivity index (χ0) is 42.3. The second-order valence-corrected chi connectivity index (χ2v) is 18.2. The zero-order valence-corrected chi connectivity index (χ0v) is 37.2. The van der Waals surface area contributed by atoms with Crippen LogP contribution in [0.2, 0.25) is 0 Å². The molecule has 316 valence electrons. The van der Waals surface area contributed by atoms with E-state index in [1.54, 1.807) is 7.11 Å². The molecule has 6 heterocycles. The summed E-state index contributed by atoms with van der Waals surface area (Å²) in [6, 6.07) is 0. The van der Waals surface area contributed by atoms with E-state index in [9.17, 15) is 9.59 Å². The first-order chi connectivity index (χ1) is 28.2. The lowest BCUT2D eigenvalue weighted by atomic mass is 9.85. The van der Waals surface area contributed by atoms with Gasteiger partial charge in [0.05, 0.1) is 5.69 Å². The lowest BCUT2D eigenvalue weighted by molar-refractivity contribution is -0.142. The van der Waals surface area contributed by atoms with Gasteiger partial charge >= 0.3 is 12.3 Å². The van der Waals surface area contributed by atoms with Gasteiger partial charge in [-0.2, -0.15) is 0 Å². The summed E-state index contributed by atoms with van der Waals surface area (Å²) in [5.74, 6) is 0.749. The number of aromatic amines is 3. The average molecular weight is 804 g/mol. The highest BCUT2D eigenvalue weighted by atomic mass is 17.5. The highest BCUT2D eigenvalue weighted by Crippen LogP contribution is 2.52. The van der Waals surface area contributed by atoms with Crippen molar-refractivity contribution in [3.05, 3.63) is 96.5 Å². The molecule has 0 spiro atoms. The number of fused-ring (bicyclic) bond motifs is 7. The molecule has 2 saturated heterocycles. The summed E-state index contributed by atoms with van der Waals surface area (Å²) < 4.78 is 8.47. The van der Waals surface area contributed by atoms with E-state index in [1.807, 2.05) is 13.0 Å². The van der Waals surface area contributed by atoms with Crippen molar-refractivity contribution in [2.45, 2.75) is 126 Å². The fourth-order valence-electron chi connectivity index (χ4n) is 9.80. The molecule has 9 nitrogen and oxygen atoms in total. The maximum absolute atomic E-state index is 14.6. The SMILES string of the molecule is C=Cc1c2[nH]c(c1C)/C=C1\N/C(=C3\c4[nH]c(c(C)c4C(=O)[C@@H]3C3O[O+]3C)/C=c3\[nH]/c(c(C)c3CC)=C\2)[C@@H](CCC(=O)OC/C=C(\C)CCC[C@H](C)CCCC(C)C)[C@@H]1C. The summed E-state index contributed by atoms with van der Waals surface area (Å²) in [6.07, 6.45) is 19.1. The fourth-order valence-corrected chi connectivity index (χ4v) is 9.80. The van der Waals surface area contributed by atoms with Crippen molar-refractivity contribution in [2.24, 2.45) is 29.6 Å². The maximum atomic E-state index is 14.6. The van der Waals surface area contributed by atoms with Crippen molar-refractivity contribution in [1.82, 2.24) is 20.3 Å². The fraction of sp³-hybridized carbons (Fsp3) is 0.520. The van der Waals surface area contributed by atoms with Gasteiger partial charge in [0.1, 0.15) is 6.61 Å². The van der Waals surface area contributed by atoms with Crippen LogP contribution in [0.4, 0.5) is 0 Å². The van der Waals surface area contributed by atoms with Crippen molar-refractivity contribution in [3.63, 3.8) is 0 Å². The predicted octanol–water partition coefficient (Wildman–Crippen LogP) is 9.55. The Balaban J connectivity index is 1.20. The summed E-state index contributed by atoms with van der Waals surface area (Å²) in [5.41, 5.74) is 14.1. The van der Waals surface area contributed by atoms with Gasteiger partial charge < -0.3 is 25.0 Å². The van der Waals surface area contributed by atoms with Crippen molar-refractivity contribution in [3.8, 4) is 0 Å². The molecule has 9 heteroatoms. The van der Waals surface area contributed by atoms with Crippen molar-refractivity contribution in [2.75, 3.05) is 13.7 Å². The zero-order valence-electron chi connectivity index (χ0n) is 37.2. The van der Waals surface area contributed by atoms with Gasteiger partial charge in [-0.15, -0.1) is 0 Å². The van der Waals surface area contributed by atoms with Crippen LogP contribution in [0.3, 0.4) is 0 Å². The number of aromatic nitrogens is 3. The number of rotatable bonds is 16. The maximum Gasteiger partial charge on any atom is 0.384 e. The molecule has 4 N–H and O–H groups in total. The molecule has 1 unspecified atom stereocenters. The Kier molecular flexibility index (Phi) is 12.6. The Morgan fingerprint density at radius 3 is 2.36 bits per heavy atom. The van der Waals surface area contributed by atoms with E-state index in [4.69, 9.17) is 9.62 Å². The molecule has 0 amide bonds. The Morgan fingerprint density at radius 2 is 1.66 bits per heavy atom. The molecule has 4 aliphatic rings. The summed E-state index contributed by atoms with van der Waals surface area (Å²) in [7, 11) is 1.80. The average Bonchev–Trinajstić information content (AvgIpc) is 3.41. The standard InChI is InChI=1S/C50H66N4O5/c1-12-34-30(7)37-24-39-32(9)36(20-21-43(55)57-23-22-29(6)19-15-18-28(5)17-14-16-27(3)4)47(53-39)45-46(50-58-59(50)11)49(56)44-33(10)40(54-48(44)45)26-42-35(13-2)31(8)38(52-42)25-41(34)51-37/h12,22,24-28,32,36,46,50-52H,1,13-21,23H2,2-11H3,(H-,53,54,56)/p+1/b29-22+,38-25-,39-24-,42-26-/t28-,32+,36+,46-,50?/m1/s1. The van der Waals surface area contributed by atoms with E-state index < -0.39 is 12.2 Å². The number of hydrogen-bond donors (Lipinski definition) is 4. The largest absolute Gasteiger partial charge is 0.461 e. The van der Waals surface area contributed by atoms with Crippen molar-refractivity contribution in [1.29, 1.82) is 0 Å². The smallest absolute Gasteiger partial charge is 0.384 e. The van der Waals surface area contributed by atoms with Crippen molar-refractivity contribution < 1.29 is 23.7 Å². The topological polar surface area (TPSA) is 118 Å². The second kappa shape index (κ2) is 17.6. The molecule has 0 saturated carbocycles. The second-order valence-electron chi connectivity index (χ2n) is 18.2. The van der Waals surface area contributed by atoms with Gasteiger partial charge in [0.2, 0.25) is 0 Å². The molecule has 5 atom stereocenters. The minimum Gasteiger partial charge on any atom is -0.461 e. The molecule has 3 aliphatic heterocycles. The van der Waals surface area contributed by atoms with Gasteiger partial charge in [0, 0.05) is 74.1 Å². The van der Waals surface area contributed by atoms with Gasteiger partial charge in [0.25, 0.3) is 0 Å². The molecule has 7 rings (SSSR count). The molecule has 8 bridgehead atoms. The molecule has 59 heavy (non-hydrogen) atoms. The first-order valence-corrected chi connectivity index (χ1v) is 22.1. The van der Waals surface area contributed by atoms with Gasteiger partial charge in [-0.25, -0.2) is 4.52 Å². The Labute approximate surface area is 350 Å². The summed E-state index contributed by atoms with van der Waals surface area (Å²) in [6.45, 7) is 24.3. The van der Waals surface area contributed by atoms with Gasteiger partial charge in [-0.05, 0) is 117 Å². The Hall–Kier alpha value is -4.60. The number of allylic oxidation sites excluding steroid dienone is 3. The molecule has 2 fully saturated rings. The highest BCUT2D eigenvalue weighted by Gasteiger charge is 2.62. The van der Waals surface area contributed by atoms with Crippen molar-refractivity contribution >= 4 is 41.6 Å². The first-order valence-electron chi connectivity index (χ1n) is 22.1. The van der Waals surface area contributed by atoms with Crippen LogP contribution in [-0.4, -0.2) is 46.7 Å². The number of Topliss-reactive ketones (excluding diaryl/α,β-unsaturated/α-hetero) is 1. The first kappa shape index (κ1) is 42.5. The lowest BCUT2D eigenvalue weighted by Crippen LogP contribution is -2.22. The lowest BCUT2D eigenvalue weighted by Gasteiger charge is -2.18. The minimum atomic E-state index is -0.538. The molecular formula is C50H67N4O5+. The van der Waals surface area contributed by atoms with E-state index in [-0.39, 0.29) is 36.6 Å². The van der Waals surface area contributed by atoms with Crippen LogP contribution in [-0.2, 0) is 25.4 Å². The van der Waals surface area contributed by atoms with Gasteiger partial charge in [-0.1, -0.05) is 78.5 Å². The molecule has 1 aliphatic carbocycles. The third-order valence-electron chi connectivity index (χ3n) is 13.6. The molecule has 3 aromatic heterocycles. The molecule has 3 aromatic rings. The summed E-state index contributed by atoms with van der Waals surface area (Å²) in [5, 5.41) is 5.90. The third kappa shape index (κ3) is 8.56. The number of nitrogens with one attached hydrogen (secondary N) is 4. The number of carbonyl (C=O) groups is 2. The molecular weight excluding hydrogens is 737 g/mol. The molecule has 0 aromatic carbocycles. The number of hydrogen-bond acceptors (Lipinski definition) is 5. The number of ether oxygens (including phenoxy) is 1. The van der Waals surface area contributed by atoms with Crippen LogP contribution >= 0.6 is 0 Å². The predicted molar refractivity (Wildman–Crippen MR) is 238 cm³/mol. The monoisotopic (exact) mass is 804 g/mol. The van der Waals surface area contributed by atoms with E-state index in [2.05, 4.69) is 111 Å². The van der Waals surface area contributed by atoms with E-state index in [1.165, 1.54) is 42.4 Å². The van der Waals surface area contributed by atoms with Gasteiger partial charge in [-0.3, -0.25) is 9.59 Å². The van der Waals surface area contributed by atoms with Crippen LogP contribution in [0.15, 0.2) is 29.6 Å². The van der Waals surface area contributed by atoms with Crippen LogP contribution < -0.4 is 16.0 Å². The van der Waals surface area contributed by atoms with E-state index in [0.717, 1.165) is 98.2 Å². The number of carbonyl (C=O) groups excluding carboxylic acids is 2. The van der Waals surface area contributed by atoms with E-state index in [0.29, 0.717) is 12.0 Å². The number of ketones is 1. The Bertz CT molecular complexity index is 2340. The van der Waals surface area contributed by atoms with Crippen LogP contribution in [0.5, 0.6) is 0 Å². The minimum absolute atomic E-state index is 0.0190. The van der Waals surface area contributed by atoms with Gasteiger partial charge in [0.15, 0.2) is 18.8 Å². The third-order valence-corrected chi connectivity index (χ3v) is 13.6. The quantitative estimate of drug-likeness (QED) is 0.0379. The molecule has 0 radical (unpaired) electrons. The number of esters is 1. The van der Waals surface area contributed by atoms with Crippen LogP contribution in [0.25, 0.3) is 29.9 Å². The Morgan fingerprint density at radius 1 is 0.949 bits per heavy atom.